The van der Waals surface area contributed by atoms with E-state index in [1.165, 1.54) is 20.1 Å². The summed E-state index contributed by atoms with van der Waals surface area (Å²) in [5, 5.41) is 18.1. The zero-order valence-corrected chi connectivity index (χ0v) is 39.9. The molecule has 4 N–H and O–H groups in total. The molecule has 2 aromatic carbocycles. The summed E-state index contributed by atoms with van der Waals surface area (Å²) in [4.78, 5) is 65.1. The zero-order valence-electron chi connectivity index (χ0n) is 39.1. The summed E-state index contributed by atoms with van der Waals surface area (Å²) in [6.07, 6.45) is 0.0597. The Labute approximate surface area is 392 Å². The van der Waals surface area contributed by atoms with Gasteiger partial charge in [0, 0.05) is 38.4 Å². The summed E-state index contributed by atoms with van der Waals surface area (Å²) in [7, 11) is 1.50. The van der Waals surface area contributed by atoms with Gasteiger partial charge in [-0.25, -0.2) is 9.59 Å². The third-order valence-corrected chi connectivity index (χ3v) is 11.3. The molecule has 1 fully saturated rings. The van der Waals surface area contributed by atoms with Crippen LogP contribution in [0, 0.1) is 17.3 Å². The van der Waals surface area contributed by atoms with Crippen molar-refractivity contribution in [1.82, 2.24) is 16.0 Å². The maximum absolute atomic E-state index is 13.8. The molecule has 0 aliphatic carbocycles. The molecule has 18 heteroatoms. The lowest BCUT2D eigenvalue weighted by molar-refractivity contribution is -0.179. The number of hydrogen-bond acceptors (Lipinski definition) is 14. The van der Waals surface area contributed by atoms with Crippen molar-refractivity contribution in [2.75, 3.05) is 66.4 Å². The van der Waals surface area contributed by atoms with Gasteiger partial charge in [-0.3, -0.25) is 14.4 Å². The first-order valence-corrected chi connectivity index (χ1v) is 22.9. The second-order valence-corrected chi connectivity index (χ2v) is 17.9. The molecule has 1 saturated heterocycles. The predicted octanol–water partition coefficient (Wildman–Crippen LogP) is 4.75. The number of ether oxygens (including phenoxy) is 8. The van der Waals surface area contributed by atoms with Crippen LogP contribution in [0.5, 0.6) is 5.75 Å². The van der Waals surface area contributed by atoms with Gasteiger partial charge in [0.05, 0.1) is 69.9 Å². The number of nitrogens with one attached hydrogen (secondary N) is 3. The highest BCUT2D eigenvalue weighted by Crippen LogP contribution is 2.45. The number of cyclic esters (lactones) is 2. The summed E-state index contributed by atoms with van der Waals surface area (Å²) in [5.74, 6) is -3.30. The predicted molar refractivity (Wildman–Crippen MR) is 244 cm³/mol. The minimum absolute atomic E-state index is 0.0155. The van der Waals surface area contributed by atoms with Gasteiger partial charge in [0.15, 0.2) is 12.2 Å². The second-order valence-electron chi connectivity index (χ2n) is 17.5. The summed E-state index contributed by atoms with van der Waals surface area (Å²) >= 11 is 6.36. The van der Waals surface area contributed by atoms with Gasteiger partial charge in [0.2, 0.25) is 11.8 Å². The van der Waals surface area contributed by atoms with E-state index in [0.717, 1.165) is 11.1 Å². The smallest absolute Gasteiger partial charge is 0.347 e. The number of hydrogen-bond donors (Lipinski definition) is 4. The first kappa shape index (κ1) is 54.0. The van der Waals surface area contributed by atoms with E-state index in [-0.39, 0.29) is 56.5 Å². The number of methoxy groups -OCH3 is 1. The molecule has 7 atom stereocenters. The molecule has 0 aromatic heterocycles. The van der Waals surface area contributed by atoms with Crippen molar-refractivity contribution in [2.24, 2.45) is 17.3 Å². The lowest BCUT2D eigenvalue weighted by Gasteiger charge is -2.29. The van der Waals surface area contributed by atoms with Crippen molar-refractivity contribution >= 4 is 41.3 Å². The van der Waals surface area contributed by atoms with Crippen molar-refractivity contribution < 1.29 is 67.0 Å². The van der Waals surface area contributed by atoms with E-state index in [1.54, 1.807) is 38.1 Å². The van der Waals surface area contributed by atoms with Crippen molar-refractivity contribution in [3.63, 3.8) is 0 Å². The molecule has 4 rings (SSSR count). The van der Waals surface area contributed by atoms with Gasteiger partial charge in [-0.1, -0.05) is 68.8 Å². The normalized spacial score (nSPS) is 22.5. The molecule has 2 heterocycles. The van der Waals surface area contributed by atoms with Crippen LogP contribution in [0.15, 0.2) is 54.6 Å². The molecule has 0 spiro atoms. The van der Waals surface area contributed by atoms with Crippen molar-refractivity contribution in [2.45, 2.75) is 104 Å². The number of carbonyl (C=O) groups excluding carboxylic acids is 4. The minimum atomic E-state index is -1.24. The molecule has 1 unspecified atom stereocenters. The number of carbonyl (C=O) groups is 5. The standard InChI is InChI=1S/C48H68ClN3O14/c1-30(2)25-40-46(57)64-38(9-8-10-41(53)52-37(27-34-13-16-39(59-7)36(49)26-34)44(54)51-29-48(5,6)47(58)65-40)31(3)42-43(66-42)35-14-11-33(12-15-35)28-50-17-18-60-19-20-61-21-22-62-23-24-63-32(4)45(55)56/h8,10-16,26,30-32,37-38,40,42-43,50H,9,17-25,27-29H2,1-7H3,(H,51,54)(H,52,53)(H,55,56)/t31-,32?,37+,38-,40-,42+,43+/m0/s1. The van der Waals surface area contributed by atoms with E-state index >= 15 is 0 Å². The largest absolute Gasteiger partial charge is 0.495 e. The molecular formula is C48H68ClN3O14. The van der Waals surface area contributed by atoms with Gasteiger partial charge >= 0.3 is 17.9 Å². The van der Waals surface area contributed by atoms with E-state index in [9.17, 15) is 24.0 Å². The number of carboxylic acids is 1. The highest BCUT2D eigenvalue weighted by Gasteiger charge is 2.48. The van der Waals surface area contributed by atoms with E-state index < -0.39 is 59.5 Å². The van der Waals surface area contributed by atoms with Crippen molar-refractivity contribution in [3.8, 4) is 5.75 Å². The molecule has 366 valence electrons. The second kappa shape index (κ2) is 27.3. The zero-order chi connectivity index (χ0) is 48.2. The lowest BCUT2D eigenvalue weighted by atomic mass is 9.92. The number of halogens is 1. The maximum atomic E-state index is 13.8. The van der Waals surface area contributed by atoms with E-state index in [1.807, 2.05) is 45.0 Å². The van der Waals surface area contributed by atoms with Crippen LogP contribution in [0.1, 0.15) is 77.2 Å². The Kier molecular flexibility index (Phi) is 22.3. The van der Waals surface area contributed by atoms with Crippen LogP contribution in [-0.4, -0.2) is 132 Å². The van der Waals surface area contributed by atoms with Crippen LogP contribution >= 0.6 is 11.6 Å². The summed E-state index contributed by atoms with van der Waals surface area (Å²) in [6, 6.07) is 12.2. The Morgan fingerprint density at radius 2 is 1.56 bits per heavy atom. The number of esters is 2. The highest BCUT2D eigenvalue weighted by molar-refractivity contribution is 6.32. The van der Waals surface area contributed by atoms with Crippen molar-refractivity contribution in [1.29, 1.82) is 0 Å². The number of benzene rings is 2. The average molecular weight is 947 g/mol. The van der Waals surface area contributed by atoms with Crippen molar-refractivity contribution in [3.05, 3.63) is 76.3 Å². The van der Waals surface area contributed by atoms with Gasteiger partial charge in [0.1, 0.15) is 24.0 Å². The van der Waals surface area contributed by atoms with Crippen LogP contribution < -0.4 is 20.7 Å². The van der Waals surface area contributed by atoms with E-state index in [0.29, 0.717) is 69.1 Å². The molecule has 2 aliphatic rings. The third-order valence-electron chi connectivity index (χ3n) is 11.0. The molecule has 2 amide bonds. The number of rotatable bonds is 24. The molecule has 2 aromatic rings. The third kappa shape index (κ3) is 18.2. The summed E-state index contributed by atoms with van der Waals surface area (Å²) < 4.78 is 45.0. The number of amides is 2. The molecule has 2 aliphatic heterocycles. The van der Waals surface area contributed by atoms with Crippen LogP contribution in [0.2, 0.25) is 5.02 Å². The topological polar surface area (TPSA) is 219 Å². The number of epoxide rings is 1. The molecule has 66 heavy (non-hydrogen) atoms. The van der Waals surface area contributed by atoms with Crippen LogP contribution in [0.25, 0.3) is 0 Å². The molecule has 0 saturated carbocycles. The monoisotopic (exact) mass is 945 g/mol. The summed E-state index contributed by atoms with van der Waals surface area (Å²) in [5.41, 5.74) is 1.49. The van der Waals surface area contributed by atoms with E-state index in [2.05, 4.69) is 16.0 Å². The van der Waals surface area contributed by atoms with Crippen LogP contribution in [-0.2, 0) is 70.1 Å². The van der Waals surface area contributed by atoms with E-state index in [4.69, 9.17) is 54.6 Å². The molecular weight excluding hydrogens is 878 g/mol. The fourth-order valence-electron chi connectivity index (χ4n) is 6.92. The Morgan fingerprint density at radius 3 is 2.20 bits per heavy atom. The Hall–Kier alpha value is -4.62. The highest BCUT2D eigenvalue weighted by atomic mass is 35.5. The average Bonchev–Trinajstić information content (AvgIpc) is 4.08. The minimum Gasteiger partial charge on any atom is -0.495 e. The first-order valence-electron chi connectivity index (χ1n) is 22.5. The quantitative estimate of drug-likeness (QED) is 0.0634. The van der Waals surface area contributed by atoms with Gasteiger partial charge in [-0.05, 0) is 68.0 Å². The van der Waals surface area contributed by atoms with Gasteiger partial charge in [0.25, 0.3) is 0 Å². The Bertz CT molecular complexity index is 1910. The Balaban J connectivity index is 1.31. The lowest BCUT2D eigenvalue weighted by Crippen LogP contribution is -2.51. The Morgan fingerprint density at radius 1 is 0.909 bits per heavy atom. The first-order chi connectivity index (χ1) is 31.5. The molecule has 0 bridgehead atoms. The molecule has 17 nitrogen and oxygen atoms in total. The van der Waals surface area contributed by atoms with Gasteiger partial charge in [-0.15, -0.1) is 0 Å². The van der Waals surface area contributed by atoms with Gasteiger partial charge in [-0.2, -0.15) is 0 Å². The van der Waals surface area contributed by atoms with Crippen LogP contribution in [0.4, 0.5) is 0 Å². The number of aliphatic carboxylic acids is 1. The SMILES string of the molecule is COc1ccc(C[C@H]2NC(=O)C=CC[C@@H]([C@H](C)[C@H]3O[C@@H]3c3ccc(CNCCOCCOCCOCCOC(C)C(=O)O)cc3)OC(=O)[C@H](CC(C)C)OC(=O)C(C)(C)CNC2=O)cc1Cl. The fourth-order valence-corrected chi connectivity index (χ4v) is 7.20. The maximum Gasteiger partial charge on any atom is 0.347 e. The van der Waals surface area contributed by atoms with Gasteiger partial charge < -0.3 is 59.0 Å². The molecule has 0 radical (unpaired) electrons. The van der Waals surface area contributed by atoms with Crippen LogP contribution in [0.3, 0.4) is 0 Å². The number of carboxylic acid groups (broad SMARTS) is 1. The summed E-state index contributed by atoms with van der Waals surface area (Å²) in [6.45, 7) is 14.2. The fraction of sp³-hybridized carbons (Fsp3) is 0.604.